The van der Waals surface area contributed by atoms with Crippen molar-refractivity contribution in [2.45, 2.75) is 0 Å². The molecule has 0 spiro atoms. The first-order chi connectivity index (χ1) is 8.38. The molecule has 1 fully saturated rings. The number of anilines is 1. The molecule has 1 aliphatic rings. The Morgan fingerprint density at radius 2 is 2.18 bits per heavy atom. The molecule has 1 aromatic carbocycles. The van der Waals surface area contributed by atoms with Crippen molar-refractivity contribution < 1.29 is 9.47 Å². The van der Waals surface area contributed by atoms with E-state index in [0.717, 1.165) is 48.8 Å². The standard InChI is InChI=1S/C12H15N3O2/c1-16-11-7-9(15-2-4-17-5-3-15)6-10-12(11)14-8-13-10/h6-8H,2-5H2,1H3,(H,13,14). The zero-order valence-electron chi connectivity index (χ0n) is 9.77. The van der Waals surface area contributed by atoms with Gasteiger partial charge in [-0.1, -0.05) is 0 Å². The quantitative estimate of drug-likeness (QED) is 0.852. The van der Waals surface area contributed by atoms with Crippen molar-refractivity contribution in [2.75, 3.05) is 38.3 Å². The maximum atomic E-state index is 5.38. The van der Waals surface area contributed by atoms with E-state index in [2.05, 4.69) is 20.9 Å². The van der Waals surface area contributed by atoms with E-state index >= 15 is 0 Å². The maximum absolute atomic E-state index is 5.38. The lowest BCUT2D eigenvalue weighted by atomic mass is 10.2. The smallest absolute Gasteiger partial charge is 0.148 e. The van der Waals surface area contributed by atoms with Crippen LogP contribution in [0.15, 0.2) is 18.5 Å². The van der Waals surface area contributed by atoms with E-state index in [9.17, 15) is 0 Å². The summed E-state index contributed by atoms with van der Waals surface area (Å²) in [5.41, 5.74) is 3.04. The molecule has 0 unspecified atom stereocenters. The molecule has 17 heavy (non-hydrogen) atoms. The zero-order valence-corrected chi connectivity index (χ0v) is 9.77. The molecule has 0 saturated carbocycles. The van der Waals surface area contributed by atoms with E-state index < -0.39 is 0 Å². The van der Waals surface area contributed by atoms with Gasteiger partial charge in [-0.3, -0.25) is 0 Å². The molecular formula is C12H15N3O2. The number of rotatable bonds is 2. The fourth-order valence-corrected chi connectivity index (χ4v) is 2.16. The van der Waals surface area contributed by atoms with E-state index in [1.165, 1.54) is 0 Å². The predicted molar refractivity (Wildman–Crippen MR) is 65.7 cm³/mol. The molecule has 3 rings (SSSR count). The van der Waals surface area contributed by atoms with E-state index in [4.69, 9.17) is 9.47 Å². The second-order valence-corrected chi connectivity index (χ2v) is 4.05. The fraction of sp³-hybridized carbons (Fsp3) is 0.417. The molecule has 0 atom stereocenters. The molecule has 2 heterocycles. The summed E-state index contributed by atoms with van der Waals surface area (Å²) in [5, 5.41) is 0. The largest absolute Gasteiger partial charge is 0.494 e. The number of nitrogens with one attached hydrogen (secondary N) is 1. The third-order valence-electron chi connectivity index (χ3n) is 3.07. The molecule has 0 bridgehead atoms. The summed E-state index contributed by atoms with van der Waals surface area (Å²) < 4.78 is 10.7. The molecule has 1 N–H and O–H groups in total. The van der Waals surface area contributed by atoms with Crippen LogP contribution in [0.5, 0.6) is 5.75 Å². The van der Waals surface area contributed by atoms with Gasteiger partial charge in [0.15, 0.2) is 0 Å². The minimum Gasteiger partial charge on any atom is -0.494 e. The molecule has 90 valence electrons. The topological polar surface area (TPSA) is 50.4 Å². The van der Waals surface area contributed by atoms with E-state index in [1.54, 1.807) is 13.4 Å². The molecule has 1 aromatic heterocycles. The lowest BCUT2D eigenvalue weighted by molar-refractivity contribution is 0.122. The van der Waals surface area contributed by atoms with Crippen LogP contribution in [0.25, 0.3) is 11.0 Å². The summed E-state index contributed by atoms with van der Waals surface area (Å²) in [4.78, 5) is 9.67. The molecule has 0 amide bonds. The number of aromatic nitrogens is 2. The Labute approximate surface area is 99.3 Å². The lowest BCUT2D eigenvalue weighted by Gasteiger charge is -2.29. The molecule has 1 saturated heterocycles. The summed E-state index contributed by atoms with van der Waals surface area (Å²) in [6.07, 6.45) is 1.69. The highest BCUT2D eigenvalue weighted by Gasteiger charge is 2.14. The number of benzene rings is 1. The number of fused-ring (bicyclic) bond motifs is 1. The second-order valence-electron chi connectivity index (χ2n) is 4.05. The number of hydrogen-bond donors (Lipinski definition) is 1. The van der Waals surface area contributed by atoms with Gasteiger partial charge in [-0.25, -0.2) is 4.98 Å². The normalized spacial score (nSPS) is 16.4. The predicted octanol–water partition coefficient (Wildman–Crippen LogP) is 1.41. The maximum Gasteiger partial charge on any atom is 0.148 e. The average Bonchev–Trinajstić information content (AvgIpc) is 2.86. The van der Waals surface area contributed by atoms with Gasteiger partial charge in [-0.2, -0.15) is 0 Å². The molecule has 5 heteroatoms. The summed E-state index contributed by atoms with van der Waals surface area (Å²) in [7, 11) is 1.67. The Morgan fingerprint density at radius 1 is 1.35 bits per heavy atom. The van der Waals surface area contributed by atoms with Crippen LogP contribution in [-0.2, 0) is 4.74 Å². The summed E-state index contributed by atoms with van der Waals surface area (Å²) in [5.74, 6) is 0.810. The number of nitrogens with zero attached hydrogens (tertiary/aromatic N) is 2. The number of ether oxygens (including phenoxy) is 2. The Bertz CT molecular complexity index is 517. The minimum absolute atomic E-state index is 0.781. The molecule has 5 nitrogen and oxygen atoms in total. The highest BCUT2D eigenvalue weighted by atomic mass is 16.5. The monoisotopic (exact) mass is 233 g/mol. The van der Waals surface area contributed by atoms with Gasteiger partial charge in [0, 0.05) is 24.8 Å². The first-order valence-corrected chi connectivity index (χ1v) is 5.72. The first-order valence-electron chi connectivity index (χ1n) is 5.72. The average molecular weight is 233 g/mol. The third-order valence-corrected chi connectivity index (χ3v) is 3.07. The van der Waals surface area contributed by atoms with Gasteiger partial charge in [-0.15, -0.1) is 0 Å². The van der Waals surface area contributed by atoms with Crippen molar-refractivity contribution in [2.24, 2.45) is 0 Å². The Morgan fingerprint density at radius 3 is 2.94 bits per heavy atom. The van der Waals surface area contributed by atoms with Crippen LogP contribution in [-0.4, -0.2) is 43.4 Å². The van der Waals surface area contributed by atoms with E-state index in [1.807, 2.05) is 6.07 Å². The van der Waals surface area contributed by atoms with Crippen LogP contribution in [0, 0.1) is 0 Å². The van der Waals surface area contributed by atoms with Crippen molar-refractivity contribution >= 4 is 16.7 Å². The van der Waals surface area contributed by atoms with Crippen molar-refractivity contribution in [3.63, 3.8) is 0 Å². The van der Waals surface area contributed by atoms with Crippen molar-refractivity contribution in [1.82, 2.24) is 9.97 Å². The second kappa shape index (κ2) is 4.25. The molecule has 0 aliphatic carbocycles. The third kappa shape index (κ3) is 1.82. The SMILES string of the molecule is COc1cc(N2CCOCC2)cc2[nH]cnc12. The van der Waals surface area contributed by atoms with Gasteiger partial charge in [-0.05, 0) is 6.07 Å². The van der Waals surface area contributed by atoms with Crippen LogP contribution in [0.1, 0.15) is 0 Å². The number of aromatic amines is 1. The van der Waals surface area contributed by atoms with Crippen molar-refractivity contribution in [1.29, 1.82) is 0 Å². The summed E-state index contributed by atoms with van der Waals surface area (Å²) in [6.45, 7) is 3.40. The number of hydrogen-bond acceptors (Lipinski definition) is 4. The van der Waals surface area contributed by atoms with Crippen LogP contribution < -0.4 is 9.64 Å². The van der Waals surface area contributed by atoms with Gasteiger partial charge in [0.2, 0.25) is 0 Å². The van der Waals surface area contributed by atoms with Gasteiger partial charge in [0.05, 0.1) is 32.2 Å². The Hall–Kier alpha value is -1.75. The van der Waals surface area contributed by atoms with Crippen LogP contribution in [0.2, 0.25) is 0 Å². The summed E-state index contributed by atoms with van der Waals surface area (Å²) >= 11 is 0. The number of methoxy groups -OCH3 is 1. The van der Waals surface area contributed by atoms with Gasteiger partial charge in [0.25, 0.3) is 0 Å². The highest BCUT2D eigenvalue weighted by Crippen LogP contribution is 2.29. The number of H-pyrrole nitrogens is 1. The van der Waals surface area contributed by atoms with Crippen LogP contribution in [0.3, 0.4) is 0 Å². The highest BCUT2D eigenvalue weighted by molar-refractivity contribution is 5.85. The Balaban J connectivity index is 2.03. The van der Waals surface area contributed by atoms with Crippen LogP contribution >= 0.6 is 0 Å². The first kappa shape index (κ1) is 10.4. The summed E-state index contributed by atoms with van der Waals surface area (Å²) in [6, 6.07) is 4.14. The zero-order chi connectivity index (χ0) is 11.7. The Kier molecular flexibility index (Phi) is 2.60. The van der Waals surface area contributed by atoms with Crippen molar-refractivity contribution in [3.05, 3.63) is 18.5 Å². The minimum atomic E-state index is 0.781. The van der Waals surface area contributed by atoms with Gasteiger partial charge < -0.3 is 19.4 Å². The molecular weight excluding hydrogens is 218 g/mol. The van der Waals surface area contributed by atoms with Gasteiger partial charge in [0.1, 0.15) is 11.3 Å². The molecule has 1 aliphatic heterocycles. The number of morpholine rings is 1. The van der Waals surface area contributed by atoms with Crippen LogP contribution in [0.4, 0.5) is 5.69 Å². The fourth-order valence-electron chi connectivity index (χ4n) is 2.16. The van der Waals surface area contributed by atoms with E-state index in [0.29, 0.717) is 0 Å². The number of imidazole rings is 1. The molecule has 2 aromatic rings. The van der Waals surface area contributed by atoms with Gasteiger partial charge >= 0.3 is 0 Å². The molecule has 0 radical (unpaired) electrons. The van der Waals surface area contributed by atoms with Crippen molar-refractivity contribution in [3.8, 4) is 5.75 Å². The van der Waals surface area contributed by atoms with E-state index in [-0.39, 0.29) is 0 Å². The lowest BCUT2D eigenvalue weighted by Crippen LogP contribution is -2.36.